The molecule has 0 fully saturated rings. The maximum absolute atomic E-state index is 14.3. The molecule has 0 aliphatic heterocycles. The first kappa shape index (κ1) is 33.9. The largest absolute Gasteiger partial charge is 0.507 e. The average Bonchev–Trinajstić information content (AvgIpc) is 3.89. The molecule has 0 amide bonds. The molecule has 11 nitrogen and oxygen atoms in total. The highest BCUT2D eigenvalue weighted by atomic mass is 19.1. The first-order chi connectivity index (χ1) is 26.0. The Bertz CT molecular complexity index is 2560. The molecule has 258 valence electrons. The normalized spacial score (nSPS) is 10.6. The molecular weight excluding hydrogens is 676 g/mol. The molecule has 8 aromatic rings. The van der Waals surface area contributed by atoms with E-state index in [1.807, 2.05) is 84.9 Å². The fourth-order valence-corrected chi connectivity index (χ4v) is 5.73. The summed E-state index contributed by atoms with van der Waals surface area (Å²) in [6.07, 6.45) is 0. The number of nitriles is 1. The zero-order valence-corrected chi connectivity index (χ0v) is 27.7. The predicted octanol–water partition coefficient (Wildman–Crippen LogP) is 7.88. The molecule has 0 aliphatic carbocycles. The summed E-state index contributed by atoms with van der Waals surface area (Å²) in [4.78, 5) is 0. The molecule has 13 heteroatoms. The molecule has 1 N–H and O–H groups in total. The Balaban J connectivity index is 0.000000165. The van der Waals surface area contributed by atoms with Crippen molar-refractivity contribution in [3.8, 4) is 74.0 Å². The fraction of sp³-hybridized carbons (Fsp3) is 0.0250. The average molecular weight is 704 g/mol. The molecule has 0 atom stereocenters. The third-order valence-corrected chi connectivity index (χ3v) is 8.10. The summed E-state index contributed by atoms with van der Waals surface area (Å²) < 4.78 is 36.8. The van der Waals surface area contributed by atoms with Crippen LogP contribution in [0.4, 0.5) is 8.78 Å². The van der Waals surface area contributed by atoms with Crippen molar-refractivity contribution in [1.29, 1.82) is 5.26 Å². The number of phenols is 1. The summed E-state index contributed by atoms with van der Waals surface area (Å²) in [5.74, 6) is 0.670. The van der Waals surface area contributed by atoms with Gasteiger partial charge in [-0.3, -0.25) is 0 Å². The summed E-state index contributed by atoms with van der Waals surface area (Å²) >= 11 is 0. The van der Waals surface area contributed by atoms with Crippen molar-refractivity contribution in [2.75, 3.05) is 6.61 Å². The minimum absolute atomic E-state index is 0.0633. The molecule has 0 saturated carbocycles. The highest BCUT2D eigenvalue weighted by molar-refractivity contribution is 5.85. The van der Waals surface area contributed by atoms with Crippen LogP contribution in [0.2, 0.25) is 0 Å². The third-order valence-electron chi connectivity index (χ3n) is 8.10. The van der Waals surface area contributed by atoms with Gasteiger partial charge in [0.05, 0.1) is 0 Å². The maximum Gasteiger partial charge on any atom is 0.187 e. The molecule has 0 bridgehead atoms. The first-order valence-corrected chi connectivity index (χ1v) is 16.2. The second-order valence-electron chi connectivity index (χ2n) is 11.3. The van der Waals surface area contributed by atoms with Crippen molar-refractivity contribution in [2.45, 2.75) is 0 Å². The molecular formula is C40H27F2N9O2. The Labute approximate surface area is 301 Å². The van der Waals surface area contributed by atoms with E-state index >= 15 is 0 Å². The lowest BCUT2D eigenvalue weighted by Gasteiger charge is -2.13. The van der Waals surface area contributed by atoms with E-state index in [0.29, 0.717) is 34.1 Å². The third kappa shape index (κ3) is 7.05. The van der Waals surface area contributed by atoms with E-state index in [2.05, 4.69) is 31.1 Å². The van der Waals surface area contributed by atoms with Crippen LogP contribution in [0.25, 0.3) is 56.4 Å². The van der Waals surface area contributed by atoms with E-state index in [4.69, 9.17) is 10.00 Å². The summed E-state index contributed by atoms with van der Waals surface area (Å²) in [5.41, 5.74) is 4.93. The summed E-state index contributed by atoms with van der Waals surface area (Å²) in [6.45, 7) is -0.0633. The smallest absolute Gasteiger partial charge is 0.187 e. The molecule has 0 spiro atoms. The van der Waals surface area contributed by atoms with Gasteiger partial charge in [-0.1, -0.05) is 109 Å². The summed E-state index contributed by atoms with van der Waals surface area (Å²) in [6, 6.07) is 43.9. The van der Waals surface area contributed by atoms with Crippen LogP contribution in [-0.4, -0.2) is 52.1 Å². The van der Waals surface area contributed by atoms with Crippen LogP contribution in [0, 0.1) is 23.0 Å². The molecule has 2 aromatic heterocycles. The standard InChI is InChI=1S/C21H14FN5O.C19H13FN4O/c22-18-10-4-5-11-19(18)27-21(24-25-26-27)17-9-2-1-7-15(17)16-8-3-6-12-20(16)28-14-13-23;20-16-10-4-5-11-17(16)24-19(21-22-23-24)15-9-2-1-7-13(15)14-8-3-6-12-18(14)25/h1-12H,14H2;1-12,25H. The van der Waals surface area contributed by atoms with Gasteiger partial charge in [-0.2, -0.15) is 14.6 Å². The van der Waals surface area contributed by atoms with Crippen molar-refractivity contribution in [3.05, 3.63) is 157 Å². The van der Waals surface area contributed by atoms with Crippen LogP contribution in [0.5, 0.6) is 11.5 Å². The van der Waals surface area contributed by atoms with E-state index in [9.17, 15) is 13.9 Å². The molecule has 2 heterocycles. The van der Waals surface area contributed by atoms with E-state index in [-0.39, 0.29) is 23.7 Å². The van der Waals surface area contributed by atoms with Gasteiger partial charge in [-0.15, -0.1) is 10.2 Å². The van der Waals surface area contributed by atoms with E-state index in [1.165, 1.54) is 21.5 Å². The number of halogens is 2. The number of hydrogen-bond donors (Lipinski definition) is 1. The Morgan fingerprint density at radius 1 is 0.528 bits per heavy atom. The summed E-state index contributed by atoms with van der Waals surface area (Å²) in [5, 5.41) is 42.6. The van der Waals surface area contributed by atoms with Crippen molar-refractivity contribution in [1.82, 2.24) is 40.4 Å². The van der Waals surface area contributed by atoms with Crippen molar-refractivity contribution in [3.63, 3.8) is 0 Å². The Kier molecular flexibility index (Phi) is 9.93. The molecule has 0 saturated heterocycles. The number of tetrazole rings is 2. The molecule has 0 unspecified atom stereocenters. The van der Waals surface area contributed by atoms with Gasteiger partial charge in [-0.05, 0) is 68.4 Å². The highest BCUT2D eigenvalue weighted by Gasteiger charge is 2.20. The second-order valence-corrected chi connectivity index (χ2v) is 11.3. The number of ether oxygens (including phenoxy) is 1. The number of benzene rings is 6. The molecule has 6 aromatic carbocycles. The Morgan fingerprint density at radius 3 is 1.45 bits per heavy atom. The second kappa shape index (κ2) is 15.5. The van der Waals surface area contributed by atoms with Crippen LogP contribution in [-0.2, 0) is 0 Å². The van der Waals surface area contributed by atoms with Gasteiger partial charge < -0.3 is 9.84 Å². The van der Waals surface area contributed by atoms with Crippen molar-refractivity contribution in [2.24, 2.45) is 0 Å². The van der Waals surface area contributed by atoms with Gasteiger partial charge in [0.15, 0.2) is 18.3 Å². The van der Waals surface area contributed by atoms with Gasteiger partial charge in [0.1, 0.15) is 40.6 Å². The van der Waals surface area contributed by atoms with Crippen LogP contribution in [0.1, 0.15) is 0 Å². The van der Waals surface area contributed by atoms with Crippen LogP contribution in [0.15, 0.2) is 146 Å². The molecule has 0 aliphatic rings. The zero-order valence-electron chi connectivity index (χ0n) is 27.7. The van der Waals surface area contributed by atoms with Gasteiger partial charge in [0.2, 0.25) is 0 Å². The number of phenolic OH excluding ortho intramolecular Hbond substituents is 1. The minimum atomic E-state index is -0.425. The van der Waals surface area contributed by atoms with E-state index in [0.717, 1.165) is 16.7 Å². The number of rotatable bonds is 8. The molecule has 53 heavy (non-hydrogen) atoms. The number of para-hydroxylation sites is 4. The van der Waals surface area contributed by atoms with Crippen LogP contribution >= 0.6 is 0 Å². The quantitative estimate of drug-likeness (QED) is 0.167. The van der Waals surface area contributed by atoms with Crippen molar-refractivity contribution >= 4 is 0 Å². The van der Waals surface area contributed by atoms with Gasteiger partial charge >= 0.3 is 0 Å². The van der Waals surface area contributed by atoms with Gasteiger partial charge in [-0.25, -0.2) is 8.78 Å². The summed E-state index contributed by atoms with van der Waals surface area (Å²) in [7, 11) is 0. The SMILES string of the molecule is N#CCOc1ccccc1-c1ccccc1-c1nnnn1-c1ccccc1F.Oc1ccccc1-c1ccccc1-c1nnnn1-c1ccccc1F. The lowest BCUT2D eigenvalue weighted by Crippen LogP contribution is -2.03. The molecule has 0 radical (unpaired) electrons. The van der Waals surface area contributed by atoms with E-state index < -0.39 is 11.6 Å². The lowest BCUT2D eigenvalue weighted by atomic mass is 9.98. The Morgan fingerprint density at radius 2 is 0.943 bits per heavy atom. The van der Waals surface area contributed by atoms with Gasteiger partial charge in [0, 0.05) is 22.3 Å². The topological polar surface area (TPSA) is 140 Å². The number of hydrogen-bond acceptors (Lipinski definition) is 9. The predicted molar refractivity (Wildman–Crippen MR) is 193 cm³/mol. The minimum Gasteiger partial charge on any atom is -0.507 e. The van der Waals surface area contributed by atoms with Crippen LogP contribution in [0.3, 0.4) is 0 Å². The maximum atomic E-state index is 14.3. The van der Waals surface area contributed by atoms with Crippen molar-refractivity contribution < 1.29 is 18.6 Å². The fourth-order valence-electron chi connectivity index (χ4n) is 5.73. The number of aromatic nitrogens is 8. The van der Waals surface area contributed by atoms with Crippen LogP contribution < -0.4 is 4.74 Å². The number of aromatic hydroxyl groups is 1. The monoisotopic (exact) mass is 703 g/mol. The number of nitrogens with zero attached hydrogens (tertiary/aromatic N) is 9. The Hall–Kier alpha value is -7.59. The highest BCUT2D eigenvalue weighted by Crippen LogP contribution is 2.38. The zero-order chi connectivity index (χ0) is 36.6. The van der Waals surface area contributed by atoms with E-state index in [1.54, 1.807) is 54.6 Å². The first-order valence-electron chi connectivity index (χ1n) is 16.2. The lowest BCUT2D eigenvalue weighted by molar-refractivity contribution is 0.369. The van der Waals surface area contributed by atoms with Gasteiger partial charge in [0.25, 0.3) is 0 Å². The molecule has 8 rings (SSSR count).